The predicted molar refractivity (Wildman–Crippen MR) is 145 cm³/mol. The Morgan fingerprint density at radius 2 is 1.78 bits per heavy atom. The van der Waals surface area contributed by atoms with Gasteiger partial charge in [-0.2, -0.15) is 0 Å². The molecule has 1 N–H and O–H groups in total. The van der Waals surface area contributed by atoms with Gasteiger partial charge in [-0.15, -0.1) is 0 Å². The van der Waals surface area contributed by atoms with Gasteiger partial charge in [-0.25, -0.2) is 4.98 Å². The fraction of sp³-hybridized carbons (Fsp3) is 0.276. The van der Waals surface area contributed by atoms with Crippen molar-refractivity contribution in [2.24, 2.45) is 0 Å². The van der Waals surface area contributed by atoms with E-state index in [9.17, 15) is 9.59 Å². The topological polar surface area (TPSA) is 82.5 Å². The minimum atomic E-state index is -0.396. The summed E-state index contributed by atoms with van der Waals surface area (Å²) in [5, 5.41) is 3.63. The van der Waals surface area contributed by atoms with E-state index < -0.39 is 5.25 Å². The number of thioether (sulfide) groups is 1. The number of rotatable bonds is 9. The van der Waals surface area contributed by atoms with Crippen LogP contribution in [-0.2, 0) is 24.3 Å². The molecule has 37 heavy (non-hydrogen) atoms. The van der Waals surface area contributed by atoms with Crippen LogP contribution in [0.15, 0.2) is 76.7 Å². The molecule has 3 aromatic carbocycles. The number of carbonyl (C=O) groups excluding carboxylic acids is 1. The molecule has 0 saturated heterocycles. The Bertz CT molecular complexity index is 1470. The van der Waals surface area contributed by atoms with Crippen molar-refractivity contribution in [1.82, 2.24) is 14.9 Å². The predicted octanol–water partition coefficient (Wildman–Crippen LogP) is 4.86. The first-order valence-electron chi connectivity index (χ1n) is 12.4. The summed E-state index contributed by atoms with van der Waals surface area (Å²) in [5.41, 5.74) is 3.72. The summed E-state index contributed by atoms with van der Waals surface area (Å²) in [6.45, 7) is 5.02. The molecule has 0 bridgehead atoms. The third-order valence-electron chi connectivity index (χ3n) is 6.38. The largest absolute Gasteiger partial charge is 0.454 e. The Morgan fingerprint density at radius 3 is 2.51 bits per heavy atom. The van der Waals surface area contributed by atoms with Gasteiger partial charge in [-0.3, -0.25) is 14.2 Å². The van der Waals surface area contributed by atoms with Crippen LogP contribution in [0.1, 0.15) is 30.0 Å². The number of amides is 1. The normalized spacial score (nSPS) is 13.0. The average Bonchev–Trinajstić information content (AvgIpc) is 3.38. The van der Waals surface area contributed by atoms with Crippen LogP contribution in [0.3, 0.4) is 0 Å². The maximum Gasteiger partial charge on any atom is 0.262 e. The van der Waals surface area contributed by atoms with E-state index in [1.807, 2.05) is 68.4 Å². The molecule has 8 heteroatoms. The molecule has 0 saturated carbocycles. The summed E-state index contributed by atoms with van der Waals surface area (Å²) in [5.74, 6) is 1.03. The summed E-state index contributed by atoms with van der Waals surface area (Å²) < 4.78 is 12.7. The van der Waals surface area contributed by atoms with Crippen LogP contribution >= 0.6 is 11.8 Å². The van der Waals surface area contributed by atoms with E-state index in [4.69, 9.17) is 14.5 Å². The molecule has 4 aromatic rings. The number of hydrogen-bond acceptors (Lipinski definition) is 6. The van der Waals surface area contributed by atoms with Crippen molar-refractivity contribution in [2.75, 3.05) is 6.79 Å². The highest BCUT2D eigenvalue weighted by molar-refractivity contribution is 8.00. The smallest absolute Gasteiger partial charge is 0.262 e. The number of ether oxygens (including phenoxy) is 2. The highest BCUT2D eigenvalue weighted by Gasteiger charge is 2.24. The highest BCUT2D eigenvalue weighted by Crippen LogP contribution is 2.35. The zero-order valence-corrected chi connectivity index (χ0v) is 21.7. The third-order valence-corrected chi connectivity index (χ3v) is 7.73. The van der Waals surface area contributed by atoms with Gasteiger partial charge in [-0.05, 0) is 37.0 Å². The maximum absolute atomic E-state index is 13.7. The van der Waals surface area contributed by atoms with Gasteiger partial charge in [0.2, 0.25) is 12.7 Å². The number of nitrogens with one attached hydrogen (secondary N) is 1. The first-order valence-corrected chi connectivity index (χ1v) is 13.3. The lowest BCUT2D eigenvalue weighted by Crippen LogP contribution is -2.33. The molecule has 0 fully saturated rings. The summed E-state index contributed by atoms with van der Waals surface area (Å²) in [6.07, 6.45) is 1.26. The van der Waals surface area contributed by atoms with Gasteiger partial charge in [0.15, 0.2) is 16.7 Å². The lowest BCUT2D eigenvalue weighted by molar-refractivity contribution is -0.120. The molecule has 1 atom stereocenters. The van der Waals surface area contributed by atoms with Crippen molar-refractivity contribution in [1.29, 1.82) is 0 Å². The molecule has 1 aromatic heterocycles. The summed E-state index contributed by atoms with van der Waals surface area (Å²) in [4.78, 5) is 31.6. The lowest BCUT2D eigenvalue weighted by atomic mass is 10.1. The number of benzene rings is 3. The number of nitrogens with zero attached hydrogens (tertiary/aromatic N) is 2. The summed E-state index contributed by atoms with van der Waals surface area (Å²) >= 11 is 1.33. The SMILES string of the molecule is CC[C@@H](Sc1nc2cc3c(cc2c(=O)n1CCc1ccccc1)OCO3)C(=O)NCc1ccc(C)cc1. The molecule has 0 spiro atoms. The van der Waals surface area contributed by atoms with Gasteiger partial charge in [0, 0.05) is 19.2 Å². The summed E-state index contributed by atoms with van der Waals surface area (Å²) in [7, 11) is 0. The van der Waals surface area contributed by atoms with Gasteiger partial charge in [0.05, 0.1) is 16.2 Å². The highest BCUT2D eigenvalue weighted by atomic mass is 32.2. The fourth-order valence-electron chi connectivity index (χ4n) is 4.22. The average molecular weight is 516 g/mol. The molecule has 1 aliphatic heterocycles. The Kier molecular flexibility index (Phi) is 7.46. The van der Waals surface area contributed by atoms with Crippen molar-refractivity contribution in [3.8, 4) is 11.5 Å². The van der Waals surface area contributed by atoms with Crippen LogP contribution < -0.4 is 20.3 Å². The summed E-state index contributed by atoms with van der Waals surface area (Å²) in [6, 6.07) is 21.5. The van der Waals surface area contributed by atoms with Gasteiger partial charge in [0.25, 0.3) is 5.56 Å². The van der Waals surface area contributed by atoms with Crippen LogP contribution in [0.2, 0.25) is 0 Å². The molecule has 5 rings (SSSR count). The number of aryl methyl sites for hydroxylation is 2. The lowest BCUT2D eigenvalue weighted by Gasteiger charge is -2.18. The Hall–Kier alpha value is -3.78. The van der Waals surface area contributed by atoms with Crippen molar-refractivity contribution < 1.29 is 14.3 Å². The third kappa shape index (κ3) is 5.64. The van der Waals surface area contributed by atoms with Crippen molar-refractivity contribution in [3.63, 3.8) is 0 Å². The van der Waals surface area contributed by atoms with Crippen LogP contribution in [0.4, 0.5) is 0 Å². The molecule has 0 aliphatic carbocycles. The molecule has 2 heterocycles. The zero-order valence-electron chi connectivity index (χ0n) is 20.9. The molecular weight excluding hydrogens is 486 g/mol. The Balaban J connectivity index is 1.43. The molecular formula is C29H29N3O4S. The fourth-order valence-corrected chi connectivity index (χ4v) is 5.29. The second kappa shape index (κ2) is 11.1. The number of carbonyl (C=O) groups is 1. The van der Waals surface area contributed by atoms with Crippen LogP contribution in [0.25, 0.3) is 10.9 Å². The Morgan fingerprint density at radius 1 is 1.05 bits per heavy atom. The molecule has 1 aliphatic rings. The van der Waals surface area contributed by atoms with E-state index in [-0.39, 0.29) is 18.3 Å². The van der Waals surface area contributed by atoms with Gasteiger partial charge >= 0.3 is 0 Å². The van der Waals surface area contributed by atoms with E-state index in [0.717, 1.165) is 11.1 Å². The second-order valence-corrected chi connectivity index (χ2v) is 10.2. The molecule has 1 amide bonds. The van der Waals surface area contributed by atoms with E-state index >= 15 is 0 Å². The molecule has 190 valence electrons. The van der Waals surface area contributed by atoms with Crippen LogP contribution in [0.5, 0.6) is 11.5 Å². The van der Waals surface area contributed by atoms with E-state index in [1.165, 1.54) is 17.3 Å². The maximum atomic E-state index is 13.7. The first kappa shape index (κ1) is 24.9. The van der Waals surface area contributed by atoms with Crippen molar-refractivity contribution >= 4 is 28.6 Å². The van der Waals surface area contributed by atoms with Crippen molar-refractivity contribution in [3.05, 3.63) is 93.8 Å². The monoisotopic (exact) mass is 515 g/mol. The van der Waals surface area contributed by atoms with Gasteiger partial charge in [-0.1, -0.05) is 78.8 Å². The number of aromatic nitrogens is 2. The van der Waals surface area contributed by atoms with Crippen LogP contribution in [0, 0.1) is 6.92 Å². The Labute approximate surface area is 219 Å². The van der Waals surface area contributed by atoms with E-state index in [0.29, 0.717) is 53.5 Å². The minimum Gasteiger partial charge on any atom is -0.454 e. The van der Waals surface area contributed by atoms with E-state index in [2.05, 4.69) is 5.32 Å². The number of hydrogen-bond donors (Lipinski definition) is 1. The van der Waals surface area contributed by atoms with Crippen LogP contribution in [-0.4, -0.2) is 27.5 Å². The van der Waals surface area contributed by atoms with Gasteiger partial charge in [0.1, 0.15) is 0 Å². The standard InChI is InChI=1S/C29H29N3O4S/c1-3-26(27(33)30-17-21-11-9-19(2)10-12-21)37-29-31-23-16-25-24(35-18-36-25)15-22(23)28(34)32(29)14-13-20-7-5-4-6-8-20/h4-12,15-16,26H,3,13-14,17-18H2,1-2H3,(H,30,33)/t26-/m1/s1. The zero-order chi connectivity index (χ0) is 25.8. The van der Waals surface area contributed by atoms with Crippen molar-refractivity contribution in [2.45, 2.75) is 50.2 Å². The molecule has 0 radical (unpaired) electrons. The quantitative estimate of drug-likeness (QED) is 0.253. The first-order chi connectivity index (χ1) is 18.0. The molecule has 0 unspecified atom stereocenters. The number of fused-ring (bicyclic) bond motifs is 2. The second-order valence-electron chi connectivity index (χ2n) is 9.03. The van der Waals surface area contributed by atoms with E-state index in [1.54, 1.807) is 16.7 Å². The van der Waals surface area contributed by atoms with Gasteiger partial charge < -0.3 is 14.8 Å². The molecule has 7 nitrogen and oxygen atoms in total. The minimum absolute atomic E-state index is 0.0808.